The number of rotatable bonds is 1. The number of nitrogens with zero attached hydrogens (tertiary/aromatic N) is 2. The molecule has 2 aromatic carbocycles. The van der Waals surface area contributed by atoms with E-state index in [1.54, 1.807) is 29.3 Å². The molecule has 0 saturated carbocycles. The van der Waals surface area contributed by atoms with Crippen molar-refractivity contribution in [2.45, 2.75) is 23.4 Å². The summed E-state index contributed by atoms with van der Waals surface area (Å²) in [4.78, 5) is 19.5. The second kappa shape index (κ2) is 6.53. The summed E-state index contributed by atoms with van der Waals surface area (Å²) in [5, 5.41) is 4.18. The monoisotopic (exact) mass is 408 g/mol. The molecule has 0 atom stereocenters. The van der Waals surface area contributed by atoms with Crippen molar-refractivity contribution in [2.75, 3.05) is 18.4 Å². The quantitative estimate of drug-likeness (QED) is 0.646. The Morgan fingerprint density at radius 3 is 2.62 bits per heavy atom. The molecule has 1 aromatic heterocycles. The second-order valence-electron chi connectivity index (χ2n) is 7.48. The second-order valence-corrected chi connectivity index (χ2v) is 9.13. The highest BCUT2D eigenvalue weighted by atomic mass is 32.2. The molecule has 8 heteroatoms. The first kappa shape index (κ1) is 18.1. The van der Waals surface area contributed by atoms with Crippen molar-refractivity contribution in [1.29, 1.82) is 0 Å². The predicted octanol–water partition coefficient (Wildman–Crippen LogP) is 2.57. The third-order valence-corrected chi connectivity index (χ3v) is 7.26. The lowest BCUT2D eigenvalue weighted by Gasteiger charge is -2.45. The molecule has 0 unspecified atom stereocenters. The van der Waals surface area contributed by atoms with Crippen molar-refractivity contribution in [2.24, 2.45) is 0 Å². The van der Waals surface area contributed by atoms with Crippen LogP contribution in [0.5, 0.6) is 0 Å². The Morgan fingerprint density at radius 2 is 1.79 bits per heavy atom. The maximum atomic E-state index is 13.1. The molecule has 2 N–H and O–H groups in total. The van der Waals surface area contributed by atoms with Crippen molar-refractivity contribution in [3.63, 3.8) is 0 Å². The van der Waals surface area contributed by atoms with Crippen LogP contribution in [0.1, 0.15) is 23.2 Å². The van der Waals surface area contributed by atoms with Crippen molar-refractivity contribution >= 4 is 32.5 Å². The number of piperidine rings is 1. The zero-order chi connectivity index (χ0) is 20.1. The summed E-state index contributed by atoms with van der Waals surface area (Å²) in [5.41, 5.74) is 1.23. The smallest absolute Gasteiger partial charge is 0.254 e. The number of pyridine rings is 1. The third kappa shape index (κ3) is 3.04. The van der Waals surface area contributed by atoms with E-state index in [0.717, 1.165) is 10.9 Å². The van der Waals surface area contributed by atoms with Gasteiger partial charge in [-0.25, -0.2) is 8.42 Å². The number of aromatic nitrogens is 1. The van der Waals surface area contributed by atoms with Crippen LogP contribution in [-0.2, 0) is 10.0 Å². The minimum Gasteiger partial charge on any atom is -0.365 e. The molecular formula is C21H20N4O3S. The summed E-state index contributed by atoms with van der Waals surface area (Å²) in [5.74, 6) is -0.0579. The van der Waals surface area contributed by atoms with Gasteiger partial charge in [-0.15, -0.1) is 0 Å². The average Bonchev–Trinajstić information content (AvgIpc) is 2.73. The number of amides is 1. The van der Waals surface area contributed by atoms with E-state index in [-0.39, 0.29) is 10.8 Å². The molecule has 0 radical (unpaired) electrons. The highest BCUT2D eigenvalue weighted by molar-refractivity contribution is 7.89. The van der Waals surface area contributed by atoms with Gasteiger partial charge in [0.2, 0.25) is 10.0 Å². The summed E-state index contributed by atoms with van der Waals surface area (Å²) < 4.78 is 28.2. The summed E-state index contributed by atoms with van der Waals surface area (Å²) in [7, 11) is -3.59. The van der Waals surface area contributed by atoms with E-state index in [2.05, 4.69) is 15.0 Å². The molecule has 29 heavy (non-hydrogen) atoms. The van der Waals surface area contributed by atoms with Crippen LogP contribution in [0.2, 0.25) is 0 Å². The van der Waals surface area contributed by atoms with E-state index in [1.165, 1.54) is 0 Å². The Labute approximate surface area is 168 Å². The van der Waals surface area contributed by atoms with E-state index in [1.807, 2.05) is 36.4 Å². The van der Waals surface area contributed by atoms with Crippen molar-refractivity contribution in [1.82, 2.24) is 14.6 Å². The lowest BCUT2D eigenvalue weighted by molar-refractivity contribution is 0.0678. The zero-order valence-corrected chi connectivity index (χ0v) is 16.4. The number of hydrogen-bond acceptors (Lipinski definition) is 5. The minimum atomic E-state index is -3.59. The van der Waals surface area contributed by atoms with Crippen LogP contribution in [0.25, 0.3) is 10.9 Å². The normalized spacial score (nSPS) is 19.5. The minimum absolute atomic E-state index is 0.0579. The Kier molecular flexibility index (Phi) is 4.07. The fourth-order valence-corrected chi connectivity index (χ4v) is 5.72. The SMILES string of the molecule is O=C(c1cccc2ncccc12)N1CCC2(CC1)Nc1ccccc1S(=O)(=O)N2. The van der Waals surface area contributed by atoms with Gasteiger partial charge in [0, 0.05) is 43.1 Å². The van der Waals surface area contributed by atoms with Gasteiger partial charge in [-0.1, -0.05) is 24.3 Å². The number of anilines is 1. The summed E-state index contributed by atoms with van der Waals surface area (Å²) in [6.45, 7) is 0.903. The van der Waals surface area contributed by atoms with E-state index < -0.39 is 15.7 Å². The fourth-order valence-electron chi connectivity index (χ4n) is 4.18. The van der Waals surface area contributed by atoms with Gasteiger partial charge in [0.15, 0.2) is 0 Å². The number of carbonyl (C=O) groups is 1. The number of sulfonamides is 1. The molecule has 1 saturated heterocycles. The molecule has 1 amide bonds. The van der Waals surface area contributed by atoms with Gasteiger partial charge in [-0.2, -0.15) is 4.72 Å². The van der Waals surface area contributed by atoms with Crippen molar-refractivity contribution in [3.05, 3.63) is 66.4 Å². The Bertz CT molecular complexity index is 1210. The van der Waals surface area contributed by atoms with E-state index in [9.17, 15) is 13.2 Å². The number of benzene rings is 2. The van der Waals surface area contributed by atoms with Crippen LogP contribution in [0, 0.1) is 0 Å². The van der Waals surface area contributed by atoms with Gasteiger partial charge in [0.05, 0.1) is 11.2 Å². The number of para-hydroxylation sites is 1. The predicted molar refractivity (Wildman–Crippen MR) is 110 cm³/mol. The van der Waals surface area contributed by atoms with E-state index in [0.29, 0.717) is 37.2 Å². The summed E-state index contributed by atoms with van der Waals surface area (Å²) in [6, 6.07) is 16.1. The number of fused-ring (bicyclic) bond motifs is 2. The molecular weight excluding hydrogens is 388 g/mol. The first-order valence-corrected chi connectivity index (χ1v) is 11.0. The molecule has 3 heterocycles. The van der Waals surface area contributed by atoms with Crippen molar-refractivity contribution < 1.29 is 13.2 Å². The van der Waals surface area contributed by atoms with Crippen LogP contribution in [0.15, 0.2) is 65.7 Å². The maximum Gasteiger partial charge on any atom is 0.254 e. The molecule has 0 aliphatic carbocycles. The van der Waals surface area contributed by atoms with Gasteiger partial charge in [-0.05, 0) is 30.3 Å². The molecule has 7 nitrogen and oxygen atoms in total. The first-order valence-electron chi connectivity index (χ1n) is 9.52. The van der Waals surface area contributed by atoms with Gasteiger partial charge >= 0.3 is 0 Å². The van der Waals surface area contributed by atoms with Gasteiger partial charge in [0.25, 0.3) is 5.91 Å². The third-order valence-electron chi connectivity index (χ3n) is 5.66. The highest BCUT2D eigenvalue weighted by Gasteiger charge is 2.43. The average molecular weight is 408 g/mol. The Hall–Kier alpha value is -2.97. The lowest BCUT2D eigenvalue weighted by Crippen LogP contribution is -2.62. The first-order chi connectivity index (χ1) is 14.0. The molecule has 1 spiro atoms. The summed E-state index contributed by atoms with van der Waals surface area (Å²) >= 11 is 0. The molecule has 2 aliphatic heterocycles. The fraction of sp³-hybridized carbons (Fsp3) is 0.238. The zero-order valence-electron chi connectivity index (χ0n) is 15.6. The van der Waals surface area contributed by atoms with Gasteiger partial charge < -0.3 is 10.2 Å². The van der Waals surface area contributed by atoms with Gasteiger partial charge in [-0.3, -0.25) is 9.78 Å². The topological polar surface area (TPSA) is 91.4 Å². The molecule has 148 valence electrons. The van der Waals surface area contributed by atoms with Crippen LogP contribution in [-0.4, -0.2) is 43.0 Å². The van der Waals surface area contributed by atoms with Crippen LogP contribution < -0.4 is 10.0 Å². The van der Waals surface area contributed by atoms with Crippen molar-refractivity contribution in [3.8, 4) is 0 Å². The standard InChI is InChI=1S/C21H20N4O3S/c26-20(16-5-3-8-17-15(16)6-4-12-22-17)25-13-10-21(11-14-25)23-18-7-1-2-9-19(18)29(27,28)24-21/h1-9,12,23-24H,10-11,13-14H2. The number of nitrogens with one attached hydrogen (secondary N) is 2. The summed E-state index contributed by atoms with van der Waals surface area (Å²) in [6.07, 6.45) is 2.67. The largest absolute Gasteiger partial charge is 0.365 e. The van der Waals surface area contributed by atoms with Crippen LogP contribution in [0.4, 0.5) is 5.69 Å². The Balaban J connectivity index is 1.39. The maximum absolute atomic E-state index is 13.1. The molecule has 2 aliphatic rings. The van der Waals surface area contributed by atoms with E-state index in [4.69, 9.17) is 0 Å². The molecule has 1 fully saturated rings. The van der Waals surface area contributed by atoms with E-state index >= 15 is 0 Å². The van der Waals surface area contributed by atoms with Crippen LogP contribution in [0.3, 0.4) is 0 Å². The molecule has 5 rings (SSSR count). The number of hydrogen-bond donors (Lipinski definition) is 2. The number of carbonyl (C=O) groups excluding carboxylic acids is 1. The molecule has 0 bridgehead atoms. The van der Waals surface area contributed by atoms with Crippen LogP contribution >= 0.6 is 0 Å². The number of likely N-dealkylation sites (tertiary alicyclic amines) is 1. The lowest BCUT2D eigenvalue weighted by atomic mass is 9.96. The van der Waals surface area contributed by atoms with Gasteiger partial charge in [0.1, 0.15) is 10.6 Å². The molecule has 3 aromatic rings. The highest BCUT2D eigenvalue weighted by Crippen LogP contribution is 2.35. The Morgan fingerprint density at radius 1 is 1.00 bits per heavy atom.